The van der Waals surface area contributed by atoms with Crippen molar-refractivity contribution in [2.45, 2.75) is 38.9 Å². The Morgan fingerprint density at radius 3 is 2.68 bits per heavy atom. The summed E-state index contributed by atoms with van der Waals surface area (Å²) in [5.74, 6) is 0.815. The van der Waals surface area contributed by atoms with Crippen molar-refractivity contribution < 1.29 is 14.3 Å². The molecular formula is C15H20NO3. The number of ether oxygens (including phenoxy) is 2. The van der Waals surface area contributed by atoms with Crippen molar-refractivity contribution in [1.29, 1.82) is 0 Å². The van der Waals surface area contributed by atoms with Crippen LogP contribution in [-0.2, 0) is 4.74 Å². The third-order valence-corrected chi connectivity index (χ3v) is 2.79. The Bertz CT molecular complexity index is 425. The van der Waals surface area contributed by atoms with E-state index in [2.05, 4.69) is 6.07 Å². The van der Waals surface area contributed by atoms with Crippen LogP contribution < -0.4 is 4.74 Å². The Morgan fingerprint density at radius 1 is 1.37 bits per heavy atom. The van der Waals surface area contributed by atoms with Crippen molar-refractivity contribution in [3.8, 4) is 5.75 Å². The van der Waals surface area contributed by atoms with E-state index < -0.39 is 5.60 Å². The van der Waals surface area contributed by atoms with Crippen molar-refractivity contribution in [3.05, 3.63) is 30.3 Å². The summed E-state index contributed by atoms with van der Waals surface area (Å²) in [5.41, 5.74) is -0.453. The van der Waals surface area contributed by atoms with E-state index in [0.717, 1.165) is 12.2 Å². The van der Waals surface area contributed by atoms with Gasteiger partial charge in [-0.15, -0.1) is 0 Å². The molecule has 1 aliphatic heterocycles. The van der Waals surface area contributed by atoms with Crippen LogP contribution in [0.2, 0.25) is 0 Å². The predicted octanol–water partition coefficient (Wildman–Crippen LogP) is 2.87. The summed E-state index contributed by atoms with van der Waals surface area (Å²) < 4.78 is 11.2. The summed E-state index contributed by atoms with van der Waals surface area (Å²) in [5, 5.41) is 0. The molecule has 1 atom stereocenters. The van der Waals surface area contributed by atoms with Crippen molar-refractivity contribution in [1.82, 2.24) is 4.90 Å². The number of benzene rings is 1. The third kappa shape index (κ3) is 4.16. The summed E-state index contributed by atoms with van der Waals surface area (Å²) >= 11 is 0. The van der Waals surface area contributed by atoms with E-state index in [1.807, 2.05) is 45.0 Å². The molecule has 0 aromatic heterocycles. The van der Waals surface area contributed by atoms with Crippen LogP contribution in [0, 0.1) is 6.07 Å². The second-order valence-electron chi connectivity index (χ2n) is 5.69. The Morgan fingerprint density at radius 2 is 2.05 bits per heavy atom. The SMILES string of the molecule is CC(C)(C)OC(=O)N1CCC(Oc2cc[c]cc2)C1. The van der Waals surface area contributed by atoms with Crippen molar-refractivity contribution in [2.24, 2.45) is 0 Å². The number of hydrogen-bond donors (Lipinski definition) is 0. The van der Waals surface area contributed by atoms with Gasteiger partial charge in [-0.1, -0.05) is 12.1 Å². The molecule has 1 fully saturated rings. The van der Waals surface area contributed by atoms with E-state index in [1.165, 1.54) is 0 Å². The van der Waals surface area contributed by atoms with Gasteiger partial charge in [-0.2, -0.15) is 0 Å². The highest BCUT2D eigenvalue weighted by atomic mass is 16.6. The summed E-state index contributed by atoms with van der Waals surface area (Å²) in [6.45, 7) is 6.87. The quantitative estimate of drug-likeness (QED) is 0.822. The second kappa shape index (κ2) is 5.51. The first-order valence-electron chi connectivity index (χ1n) is 6.55. The number of likely N-dealkylation sites (tertiary alicyclic amines) is 1. The van der Waals surface area contributed by atoms with Crippen LogP contribution in [0.5, 0.6) is 5.75 Å². The molecule has 1 aliphatic rings. The van der Waals surface area contributed by atoms with Crippen molar-refractivity contribution in [2.75, 3.05) is 13.1 Å². The molecule has 4 heteroatoms. The number of rotatable bonds is 2. The minimum atomic E-state index is -0.453. The van der Waals surface area contributed by atoms with Gasteiger partial charge in [-0.05, 0) is 39.0 Å². The molecule has 4 nitrogen and oxygen atoms in total. The summed E-state index contributed by atoms with van der Waals surface area (Å²) in [4.78, 5) is 13.6. The lowest BCUT2D eigenvalue weighted by atomic mass is 10.2. The van der Waals surface area contributed by atoms with E-state index in [4.69, 9.17) is 9.47 Å². The molecule has 1 aromatic rings. The average molecular weight is 262 g/mol. The smallest absolute Gasteiger partial charge is 0.410 e. The second-order valence-corrected chi connectivity index (χ2v) is 5.69. The molecule has 0 saturated carbocycles. The van der Waals surface area contributed by atoms with E-state index in [-0.39, 0.29) is 12.2 Å². The standard InChI is InChI=1S/C15H20NO3/c1-15(2,3)19-14(17)16-10-9-13(11-16)18-12-7-5-4-6-8-12/h5-8,13H,9-11H2,1-3H3. The lowest BCUT2D eigenvalue weighted by molar-refractivity contribution is 0.0275. The molecule has 0 bridgehead atoms. The molecule has 1 radical (unpaired) electrons. The number of nitrogens with zero attached hydrogens (tertiary/aromatic N) is 1. The maximum Gasteiger partial charge on any atom is 0.410 e. The fraction of sp³-hybridized carbons (Fsp3) is 0.533. The summed E-state index contributed by atoms with van der Waals surface area (Å²) in [7, 11) is 0. The van der Waals surface area contributed by atoms with Gasteiger partial charge in [-0.3, -0.25) is 0 Å². The Balaban J connectivity index is 1.85. The van der Waals surface area contributed by atoms with Gasteiger partial charge in [0.15, 0.2) is 0 Å². The van der Waals surface area contributed by atoms with E-state index >= 15 is 0 Å². The maximum atomic E-state index is 11.9. The fourth-order valence-electron chi connectivity index (χ4n) is 1.96. The third-order valence-electron chi connectivity index (χ3n) is 2.79. The molecular weight excluding hydrogens is 242 g/mol. The Kier molecular flexibility index (Phi) is 3.98. The van der Waals surface area contributed by atoms with Crippen LogP contribution in [0.25, 0.3) is 0 Å². The number of hydrogen-bond acceptors (Lipinski definition) is 3. The van der Waals surface area contributed by atoms with Gasteiger partial charge in [0, 0.05) is 13.0 Å². The number of carbonyl (C=O) groups excluding carboxylic acids is 1. The Labute approximate surface area is 114 Å². The van der Waals surface area contributed by atoms with Crippen LogP contribution in [0.15, 0.2) is 24.3 Å². The predicted molar refractivity (Wildman–Crippen MR) is 72.1 cm³/mol. The van der Waals surface area contributed by atoms with Gasteiger partial charge in [-0.25, -0.2) is 4.79 Å². The largest absolute Gasteiger partial charge is 0.489 e. The van der Waals surface area contributed by atoms with Gasteiger partial charge in [0.2, 0.25) is 0 Å². The minimum Gasteiger partial charge on any atom is -0.489 e. The molecule has 0 spiro atoms. The van der Waals surface area contributed by atoms with E-state index in [9.17, 15) is 4.79 Å². The van der Waals surface area contributed by atoms with Crippen molar-refractivity contribution in [3.63, 3.8) is 0 Å². The van der Waals surface area contributed by atoms with Gasteiger partial charge < -0.3 is 14.4 Å². The zero-order valence-electron chi connectivity index (χ0n) is 11.7. The summed E-state index contributed by atoms with van der Waals surface area (Å²) in [6, 6.07) is 10.3. The topological polar surface area (TPSA) is 38.8 Å². The first kappa shape index (κ1) is 13.7. The van der Waals surface area contributed by atoms with Crippen molar-refractivity contribution >= 4 is 6.09 Å². The summed E-state index contributed by atoms with van der Waals surface area (Å²) in [6.07, 6.45) is 0.604. The highest BCUT2D eigenvalue weighted by Crippen LogP contribution is 2.19. The molecule has 0 N–H and O–H groups in total. The zero-order valence-corrected chi connectivity index (χ0v) is 11.7. The number of amides is 1. The molecule has 0 aliphatic carbocycles. The lowest BCUT2D eigenvalue weighted by Gasteiger charge is -2.24. The number of carbonyl (C=O) groups is 1. The highest BCUT2D eigenvalue weighted by molar-refractivity contribution is 5.68. The van der Waals surface area contributed by atoms with Crippen LogP contribution in [-0.4, -0.2) is 35.8 Å². The van der Waals surface area contributed by atoms with E-state index in [0.29, 0.717) is 13.1 Å². The van der Waals surface area contributed by atoms with Crippen LogP contribution in [0.4, 0.5) is 4.79 Å². The first-order valence-corrected chi connectivity index (χ1v) is 6.55. The van der Waals surface area contributed by atoms with Crippen LogP contribution in [0.3, 0.4) is 0 Å². The molecule has 2 rings (SSSR count). The molecule has 1 unspecified atom stereocenters. The zero-order chi connectivity index (χ0) is 13.9. The average Bonchev–Trinajstić information content (AvgIpc) is 2.77. The minimum absolute atomic E-state index is 0.0370. The molecule has 19 heavy (non-hydrogen) atoms. The highest BCUT2D eigenvalue weighted by Gasteiger charge is 2.30. The fourth-order valence-corrected chi connectivity index (χ4v) is 1.96. The van der Waals surface area contributed by atoms with Crippen LogP contribution >= 0.6 is 0 Å². The maximum absolute atomic E-state index is 11.9. The lowest BCUT2D eigenvalue weighted by Crippen LogP contribution is -2.36. The van der Waals surface area contributed by atoms with Gasteiger partial charge in [0.05, 0.1) is 6.54 Å². The first-order chi connectivity index (χ1) is 8.94. The molecule has 1 amide bonds. The monoisotopic (exact) mass is 262 g/mol. The van der Waals surface area contributed by atoms with Gasteiger partial charge >= 0.3 is 6.09 Å². The van der Waals surface area contributed by atoms with Crippen LogP contribution in [0.1, 0.15) is 27.2 Å². The Hall–Kier alpha value is -1.71. The molecule has 1 aromatic carbocycles. The van der Waals surface area contributed by atoms with Gasteiger partial charge in [0.1, 0.15) is 17.5 Å². The van der Waals surface area contributed by atoms with E-state index in [1.54, 1.807) is 4.90 Å². The van der Waals surface area contributed by atoms with Gasteiger partial charge in [0.25, 0.3) is 0 Å². The molecule has 1 heterocycles. The normalized spacial score (nSPS) is 19.3. The molecule has 103 valence electrons. The molecule has 1 saturated heterocycles.